The zero-order valence-electron chi connectivity index (χ0n) is 21.1. The largest absolute Gasteiger partial charge is 0.444 e. The van der Waals surface area contributed by atoms with Gasteiger partial charge in [0.05, 0.1) is 12.1 Å². The summed E-state index contributed by atoms with van der Waals surface area (Å²) < 4.78 is 5.33. The lowest BCUT2D eigenvalue weighted by Gasteiger charge is -2.35. The minimum absolute atomic E-state index is 0.00471. The molecule has 186 valence electrons. The Morgan fingerprint density at radius 2 is 1.71 bits per heavy atom. The van der Waals surface area contributed by atoms with E-state index < -0.39 is 41.2 Å². The Morgan fingerprint density at radius 3 is 2.21 bits per heavy atom. The Bertz CT molecular complexity index is 937. The molecule has 0 saturated carbocycles. The second-order valence-corrected chi connectivity index (χ2v) is 10.8. The standard InChI is InChI=1S/C26H37N3O5/c1-9-17-10-12-18(13-11-17)16(2)27-22(31)20-14-19(30)15-29(20)23(32)21(25(3,4)5)28-24(33)34-26(6,7)8/h1,10-13,16,19-21,30H,14-15H2,2-8H3,(H,27,31)(H,28,33)/t16-,19+,20-,21+/m0/s1. The van der Waals surface area contributed by atoms with Crippen LogP contribution in [0.4, 0.5) is 4.79 Å². The van der Waals surface area contributed by atoms with E-state index in [1.54, 1.807) is 32.9 Å². The summed E-state index contributed by atoms with van der Waals surface area (Å²) in [4.78, 5) is 40.4. The van der Waals surface area contributed by atoms with E-state index >= 15 is 0 Å². The number of alkyl carbamates (subject to hydrolysis) is 1. The number of terminal acetylenes is 1. The van der Waals surface area contributed by atoms with Gasteiger partial charge in [0.1, 0.15) is 17.7 Å². The van der Waals surface area contributed by atoms with Gasteiger partial charge in [-0.25, -0.2) is 4.79 Å². The van der Waals surface area contributed by atoms with E-state index in [9.17, 15) is 19.5 Å². The Morgan fingerprint density at radius 1 is 1.12 bits per heavy atom. The fraction of sp³-hybridized carbons (Fsp3) is 0.577. The summed E-state index contributed by atoms with van der Waals surface area (Å²) >= 11 is 0. The third-order valence-electron chi connectivity index (χ3n) is 5.57. The second kappa shape index (κ2) is 10.5. The van der Waals surface area contributed by atoms with Gasteiger partial charge in [-0.15, -0.1) is 6.42 Å². The predicted molar refractivity (Wildman–Crippen MR) is 130 cm³/mol. The Labute approximate surface area is 202 Å². The van der Waals surface area contributed by atoms with E-state index in [2.05, 4.69) is 16.6 Å². The molecule has 8 nitrogen and oxygen atoms in total. The van der Waals surface area contributed by atoms with Gasteiger partial charge in [-0.2, -0.15) is 0 Å². The quantitative estimate of drug-likeness (QED) is 0.573. The number of aliphatic hydroxyl groups excluding tert-OH is 1. The molecule has 2 rings (SSSR count). The first-order valence-electron chi connectivity index (χ1n) is 11.5. The molecule has 1 fully saturated rings. The first kappa shape index (κ1) is 27.2. The average Bonchev–Trinajstić information content (AvgIpc) is 3.11. The van der Waals surface area contributed by atoms with Gasteiger partial charge >= 0.3 is 6.09 Å². The van der Waals surface area contributed by atoms with E-state index in [4.69, 9.17) is 11.2 Å². The number of hydrogen-bond donors (Lipinski definition) is 3. The van der Waals surface area contributed by atoms with Crippen molar-refractivity contribution in [1.29, 1.82) is 0 Å². The fourth-order valence-electron chi connectivity index (χ4n) is 3.81. The normalized spacial score (nSPS) is 20.1. The van der Waals surface area contributed by atoms with Gasteiger partial charge in [0.25, 0.3) is 0 Å². The molecule has 0 unspecified atom stereocenters. The molecule has 0 bridgehead atoms. The molecule has 1 aliphatic heterocycles. The number of hydrogen-bond acceptors (Lipinski definition) is 5. The van der Waals surface area contributed by atoms with Crippen LogP contribution in [-0.2, 0) is 14.3 Å². The highest BCUT2D eigenvalue weighted by atomic mass is 16.6. The first-order chi connectivity index (χ1) is 15.6. The molecular weight excluding hydrogens is 434 g/mol. The number of nitrogens with zero attached hydrogens (tertiary/aromatic N) is 1. The number of amides is 3. The molecule has 4 atom stereocenters. The highest BCUT2D eigenvalue weighted by Crippen LogP contribution is 2.27. The van der Waals surface area contributed by atoms with Crippen LogP contribution in [0, 0.1) is 17.8 Å². The Balaban J connectivity index is 2.18. The third-order valence-corrected chi connectivity index (χ3v) is 5.57. The van der Waals surface area contributed by atoms with Crippen molar-refractivity contribution in [2.45, 2.75) is 84.7 Å². The van der Waals surface area contributed by atoms with E-state index in [0.717, 1.165) is 11.1 Å². The van der Waals surface area contributed by atoms with Crippen molar-refractivity contribution in [3.63, 3.8) is 0 Å². The average molecular weight is 472 g/mol. The van der Waals surface area contributed by atoms with Crippen LogP contribution < -0.4 is 10.6 Å². The maximum atomic E-state index is 13.5. The number of β-amino-alcohol motifs (C(OH)–C–C–N with tert-alkyl or cyclic N) is 1. The number of carbonyl (C=O) groups excluding carboxylic acids is 3. The van der Waals surface area contributed by atoms with Gasteiger partial charge in [0.15, 0.2) is 0 Å². The van der Waals surface area contributed by atoms with Crippen LogP contribution in [0.3, 0.4) is 0 Å². The molecule has 0 radical (unpaired) electrons. The van der Waals surface area contributed by atoms with Crippen molar-refractivity contribution >= 4 is 17.9 Å². The number of likely N-dealkylation sites (tertiary alicyclic amines) is 1. The molecule has 3 N–H and O–H groups in total. The summed E-state index contributed by atoms with van der Waals surface area (Å²) in [6.07, 6.45) is 3.95. The first-order valence-corrected chi connectivity index (χ1v) is 11.5. The van der Waals surface area contributed by atoms with Crippen LogP contribution in [0.1, 0.15) is 72.1 Å². The lowest BCUT2D eigenvalue weighted by Crippen LogP contribution is -2.58. The van der Waals surface area contributed by atoms with Crippen molar-refractivity contribution < 1.29 is 24.2 Å². The smallest absolute Gasteiger partial charge is 0.408 e. The molecule has 8 heteroatoms. The van der Waals surface area contributed by atoms with Crippen LogP contribution in [0.15, 0.2) is 24.3 Å². The molecule has 3 amide bonds. The van der Waals surface area contributed by atoms with E-state index in [1.807, 2.05) is 39.8 Å². The molecule has 0 aliphatic carbocycles. The van der Waals surface area contributed by atoms with E-state index in [-0.39, 0.29) is 24.9 Å². The van der Waals surface area contributed by atoms with Gasteiger partial charge in [0.2, 0.25) is 11.8 Å². The van der Waals surface area contributed by atoms with Crippen LogP contribution in [-0.4, -0.2) is 58.2 Å². The summed E-state index contributed by atoms with van der Waals surface area (Å²) in [6.45, 7) is 12.5. The van der Waals surface area contributed by atoms with Crippen LogP contribution in [0.5, 0.6) is 0 Å². The molecular formula is C26H37N3O5. The molecule has 1 aliphatic rings. The zero-order chi connectivity index (χ0) is 25.8. The van der Waals surface area contributed by atoms with E-state index in [0.29, 0.717) is 0 Å². The molecule has 34 heavy (non-hydrogen) atoms. The molecule has 1 aromatic carbocycles. The number of carbonyl (C=O) groups is 3. The van der Waals surface area contributed by atoms with Gasteiger partial charge < -0.3 is 25.4 Å². The maximum absolute atomic E-state index is 13.5. The van der Waals surface area contributed by atoms with Crippen molar-refractivity contribution in [3.05, 3.63) is 35.4 Å². The summed E-state index contributed by atoms with van der Waals surface area (Å²) in [6, 6.07) is 5.14. The molecule has 1 aromatic rings. The predicted octanol–water partition coefficient (Wildman–Crippen LogP) is 2.75. The van der Waals surface area contributed by atoms with E-state index in [1.165, 1.54) is 4.90 Å². The monoisotopic (exact) mass is 471 g/mol. The van der Waals surface area contributed by atoms with Crippen molar-refractivity contribution in [2.24, 2.45) is 5.41 Å². The molecule has 1 saturated heterocycles. The van der Waals surface area contributed by atoms with Gasteiger partial charge in [0, 0.05) is 18.5 Å². The number of ether oxygens (including phenoxy) is 1. The Hall–Kier alpha value is -3.05. The third kappa shape index (κ3) is 7.22. The van der Waals surface area contributed by atoms with Crippen LogP contribution in [0.2, 0.25) is 0 Å². The lowest BCUT2D eigenvalue weighted by atomic mass is 9.85. The summed E-state index contributed by atoms with van der Waals surface area (Å²) in [5.41, 5.74) is 0.219. The fourth-order valence-corrected chi connectivity index (χ4v) is 3.81. The van der Waals surface area contributed by atoms with Gasteiger partial charge in [-0.3, -0.25) is 9.59 Å². The minimum Gasteiger partial charge on any atom is -0.444 e. The van der Waals surface area contributed by atoms with Crippen LogP contribution in [0.25, 0.3) is 0 Å². The maximum Gasteiger partial charge on any atom is 0.408 e. The van der Waals surface area contributed by atoms with Gasteiger partial charge in [-0.05, 0) is 50.8 Å². The summed E-state index contributed by atoms with van der Waals surface area (Å²) in [7, 11) is 0. The van der Waals surface area contributed by atoms with Crippen molar-refractivity contribution in [2.75, 3.05) is 6.54 Å². The number of benzene rings is 1. The summed E-state index contributed by atoms with van der Waals surface area (Å²) in [5.74, 6) is 1.74. The van der Waals surface area contributed by atoms with Crippen molar-refractivity contribution in [1.82, 2.24) is 15.5 Å². The summed E-state index contributed by atoms with van der Waals surface area (Å²) in [5, 5.41) is 15.9. The lowest BCUT2D eigenvalue weighted by molar-refractivity contribution is -0.142. The number of aliphatic hydroxyl groups is 1. The SMILES string of the molecule is C#Cc1ccc([C@H](C)NC(=O)[C@@H]2C[C@@H](O)CN2C(=O)[C@@H](NC(=O)OC(C)(C)C)C(C)(C)C)cc1. The topological polar surface area (TPSA) is 108 Å². The molecule has 0 aromatic heterocycles. The highest BCUT2D eigenvalue weighted by molar-refractivity contribution is 5.92. The van der Waals surface area contributed by atoms with Gasteiger partial charge in [-0.1, -0.05) is 38.8 Å². The van der Waals surface area contributed by atoms with Crippen molar-refractivity contribution in [3.8, 4) is 12.3 Å². The Kier molecular flexibility index (Phi) is 8.38. The minimum atomic E-state index is -0.948. The number of nitrogens with one attached hydrogen (secondary N) is 2. The zero-order valence-corrected chi connectivity index (χ0v) is 21.1. The highest BCUT2D eigenvalue weighted by Gasteiger charge is 2.45. The number of rotatable bonds is 5. The van der Waals surface area contributed by atoms with Crippen LogP contribution >= 0.6 is 0 Å². The molecule has 0 spiro atoms. The molecule has 1 heterocycles. The second-order valence-electron chi connectivity index (χ2n) is 10.8.